The van der Waals surface area contributed by atoms with Crippen LogP contribution in [0.5, 0.6) is 0 Å². The molecule has 2 aromatic rings. The first-order valence-electron chi connectivity index (χ1n) is 8.75. The fraction of sp³-hybridized carbons (Fsp3) is 0.350. The summed E-state index contributed by atoms with van der Waals surface area (Å²) in [7, 11) is 0. The van der Waals surface area contributed by atoms with E-state index in [-0.39, 0.29) is 11.7 Å². The third kappa shape index (κ3) is 3.00. The number of piperidine rings is 1. The van der Waals surface area contributed by atoms with Crippen LogP contribution in [0.15, 0.2) is 54.6 Å². The van der Waals surface area contributed by atoms with Gasteiger partial charge in [-0.15, -0.1) is 0 Å². The van der Waals surface area contributed by atoms with Crippen LogP contribution in [-0.2, 0) is 11.3 Å². The molecule has 0 atom stereocenters. The molecule has 2 aliphatic rings. The summed E-state index contributed by atoms with van der Waals surface area (Å²) < 4.78 is 13.2. The third-order valence-corrected chi connectivity index (χ3v) is 5.41. The second-order valence-corrected chi connectivity index (χ2v) is 6.86. The van der Waals surface area contributed by atoms with Gasteiger partial charge in [-0.2, -0.15) is 0 Å². The molecular formula is C20H22FN3O. The Kier molecular flexibility index (Phi) is 4.17. The van der Waals surface area contributed by atoms with Gasteiger partial charge < -0.3 is 10.2 Å². The van der Waals surface area contributed by atoms with Crippen LogP contribution in [0, 0.1) is 5.82 Å². The highest BCUT2D eigenvalue weighted by Gasteiger charge is 2.50. The number of rotatable bonds is 3. The van der Waals surface area contributed by atoms with Crippen LogP contribution in [0.4, 0.5) is 10.1 Å². The van der Waals surface area contributed by atoms with Crippen molar-refractivity contribution < 1.29 is 9.18 Å². The van der Waals surface area contributed by atoms with E-state index in [1.807, 2.05) is 6.07 Å². The van der Waals surface area contributed by atoms with E-state index < -0.39 is 5.54 Å². The molecular weight excluding hydrogens is 317 g/mol. The summed E-state index contributed by atoms with van der Waals surface area (Å²) in [6.45, 7) is 3.15. The predicted molar refractivity (Wildman–Crippen MR) is 95.6 cm³/mol. The number of nitrogens with zero attached hydrogens (tertiary/aromatic N) is 2. The number of halogens is 1. The number of nitrogens with one attached hydrogen (secondary N) is 1. The first kappa shape index (κ1) is 16.1. The van der Waals surface area contributed by atoms with Gasteiger partial charge in [-0.1, -0.05) is 30.3 Å². The fourth-order valence-corrected chi connectivity index (χ4v) is 3.97. The van der Waals surface area contributed by atoms with Gasteiger partial charge in [0.25, 0.3) is 0 Å². The zero-order valence-corrected chi connectivity index (χ0v) is 14.1. The van der Waals surface area contributed by atoms with Crippen LogP contribution in [0.25, 0.3) is 0 Å². The third-order valence-electron chi connectivity index (χ3n) is 5.41. The normalized spacial score (nSPS) is 20.0. The molecule has 1 spiro atoms. The van der Waals surface area contributed by atoms with Gasteiger partial charge in [0.05, 0.1) is 6.67 Å². The molecule has 25 heavy (non-hydrogen) atoms. The van der Waals surface area contributed by atoms with Crippen molar-refractivity contribution in [3.8, 4) is 0 Å². The Morgan fingerprint density at radius 1 is 1.00 bits per heavy atom. The van der Waals surface area contributed by atoms with Crippen LogP contribution in [0.2, 0.25) is 0 Å². The minimum absolute atomic E-state index is 0.0937. The van der Waals surface area contributed by atoms with Crippen molar-refractivity contribution in [1.29, 1.82) is 0 Å². The molecule has 0 aromatic heterocycles. The van der Waals surface area contributed by atoms with Gasteiger partial charge in [0.2, 0.25) is 5.91 Å². The molecule has 2 heterocycles. The quantitative estimate of drug-likeness (QED) is 0.934. The first-order valence-corrected chi connectivity index (χ1v) is 8.75. The predicted octanol–water partition coefficient (Wildman–Crippen LogP) is 2.75. The van der Waals surface area contributed by atoms with Gasteiger partial charge in [0.15, 0.2) is 0 Å². The number of hydrogen-bond donors (Lipinski definition) is 1. The Hall–Kier alpha value is -2.40. The lowest BCUT2D eigenvalue weighted by Gasteiger charge is -2.43. The maximum absolute atomic E-state index is 13.2. The van der Waals surface area contributed by atoms with Gasteiger partial charge in [-0.25, -0.2) is 4.39 Å². The van der Waals surface area contributed by atoms with E-state index in [2.05, 4.69) is 39.4 Å². The number of hydrogen-bond acceptors (Lipinski definition) is 3. The zero-order chi connectivity index (χ0) is 17.3. The number of carbonyl (C=O) groups excluding carboxylic acids is 1. The van der Waals surface area contributed by atoms with E-state index in [0.717, 1.165) is 38.2 Å². The highest BCUT2D eigenvalue weighted by molar-refractivity contribution is 5.93. The smallest absolute Gasteiger partial charge is 0.247 e. The summed E-state index contributed by atoms with van der Waals surface area (Å²) in [6, 6.07) is 16.8. The van der Waals surface area contributed by atoms with Crippen LogP contribution < -0.4 is 10.2 Å². The molecule has 0 bridgehead atoms. The topological polar surface area (TPSA) is 35.6 Å². The number of carbonyl (C=O) groups is 1. The Balaban J connectivity index is 1.49. The monoisotopic (exact) mass is 339 g/mol. The molecule has 2 aliphatic heterocycles. The van der Waals surface area contributed by atoms with Gasteiger partial charge in [0.1, 0.15) is 11.4 Å². The molecule has 2 saturated heterocycles. The molecule has 4 nitrogen and oxygen atoms in total. The molecule has 1 N–H and O–H groups in total. The average molecular weight is 339 g/mol. The molecule has 0 aliphatic carbocycles. The van der Waals surface area contributed by atoms with Gasteiger partial charge in [-0.3, -0.25) is 9.69 Å². The molecule has 5 heteroatoms. The van der Waals surface area contributed by atoms with E-state index in [4.69, 9.17) is 0 Å². The largest absolute Gasteiger partial charge is 0.339 e. The highest BCUT2D eigenvalue weighted by Crippen LogP contribution is 2.36. The highest BCUT2D eigenvalue weighted by atomic mass is 19.1. The number of anilines is 1. The Labute approximate surface area is 147 Å². The van der Waals surface area contributed by atoms with E-state index >= 15 is 0 Å². The van der Waals surface area contributed by atoms with Gasteiger partial charge >= 0.3 is 0 Å². The summed E-state index contributed by atoms with van der Waals surface area (Å²) in [4.78, 5) is 17.1. The van der Waals surface area contributed by atoms with E-state index in [1.54, 1.807) is 12.1 Å². The van der Waals surface area contributed by atoms with Crippen molar-refractivity contribution >= 4 is 11.6 Å². The Morgan fingerprint density at radius 3 is 2.36 bits per heavy atom. The lowest BCUT2D eigenvalue weighted by molar-refractivity contribution is -0.125. The first-order chi connectivity index (χ1) is 12.2. The molecule has 4 rings (SSSR count). The summed E-state index contributed by atoms with van der Waals surface area (Å²) in [5.74, 6) is -0.162. The zero-order valence-electron chi connectivity index (χ0n) is 14.1. The molecule has 0 unspecified atom stereocenters. The van der Waals surface area contributed by atoms with E-state index in [1.165, 1.54) is 17.7 Å². The van der Waals surface area contributed by atoms with Crippen molar-refractivity contribution in [2.24, 2.45) is 0 Å². The van der Waals surface area contributed by atoms with Crippen LogP contribution in [0.1, 0.15) is 18.4 Å². The van der Waals surface area contributed by atoms with Crippen molar-refractivity contribution in [1.82, 2.24) is 10.2 Å². The van der Waals surface area contributed by atoms with E-state index in [9.17, 15) is 9.18 Å². The van der Waals surface area contributed by atoms with Crippen LogP contribution in [-0.4, -0.2) is 36.1 Å². The maximum Gasteiger partial charge on any atom is 0.247 e. The second-order valence-electron chi connectivity index (χ2n) is 6.86. The molecule has 130 valence electrons. The minimum Gasteiger partial charge on any atom is -0.339 e. The molecule has 1 amide bonds. The maximum atomic E-state index is 13.2. The average Bonchev–Trinajstić information content (AvgIpc) is 2.95. The summed E-state index contributed by atoms with van der Waals surface area (Å²) in [5.41, 5.74) is 1.69. The lowest BCUT2D eigenvalue weighted by Crippen LogP contribution is -2.56. The van der Waals surface area contributed by atoms with Crippen molar-refractivity contribution in [3.05, 3.63) is 66.0 Å². The lowest BCUT2D eigenvalue weighted by atomic mass is 9.85. The summed E-state index contributed by atoms with van der Waals surface area (Å²) in [5, 5.41) is 2.98. The number of benzene rings is 2. The summed E-state index contributed by atoms with van der Waals surface area (Å²) in [6.07, 6.45) is 1.56. The van der Waals surface area contributed by atoms with E-state index in [0.29, 0.717) is 6.67 Å². The SMILES string of the molecule is O=C1NCN(c2ccc(F)cc2)C12CCN(Cc1ccccc1)CC2. The fourth-order valence-electron chi connectivity index (χ4n) is 3.97. The van der Waals surface area contributed by atoms with Crippen molar-refractivity contribution in [2.75, 3.05) is 24.7 Å². The van der Waals surface area contributed by atoms with Crippen LogP contribution in [0.3, 0.4) is 0 Å². The summed E-state index contributed by atoms with van der Waals surface area (Å²) >= 11 is 0. The molecule has 0 radical (unpaired) electrons. The van der Waals surface area contributed by atoms with Crippen molar-refractivity contribution in [2.45, 2.75) is 24.9 Å². The standard InChI is InChI=1S/C20H22FN3O/c21-17-6-8-18(9-7-17)24-15-22-19(25)20(24)10-12-23(13-11-20)14-16-4-2-1-3-5-16/h1-9H,10-15H2,(H,22,25). The molecule has 2 fully saturated rings. The minimum atomic E-state index is -0.509. The second kappa shape index (κ2) is 6.48. The van der Waals surface area contributed by atoms with Crippen LogP contribution >= 0.6 is 0 Å². The Bertz CT molecular complexity index is 739. The van der Waals surface area contributed by atoms with Gasteiger partial charge in [-0.05, 0) is 42.7 Å². The van der Waals surface area contributed by atoms with Gasteiger partial charge in [0, 0.05) is 25.3 Å². The molecule has 0 saturated carbocycles. The van der Waals surface area contributed by atoms with Crippen molar-refractivity contribution in [3.63, 3.8) is 0 Å². The number of amides is 1. The molecule has 2 aromatic carbocycles. The Morgan fingerprint density at radius 2 is 1.68 bits per heavy atom. The number of likely N-dealkylation sites (tertiary alicyclic amines) is 1.